The van der Waals surface area contributed by atoms with Crippen LogP contribution in [0.2, 0.25) is 0 Å². The summed E-state index contributed by atoms with van der Waals surface area (Å²) in [5.74, 6) is 0.345. The van der Waals surface area contributed by atoms with Gasteiger partial charge in [0, 0.05) is 5.39 Å². The SMILES string of the molecule is Oc1[nH]c2ccccc2c1N=Nc1ncnc2c1cnn2-c1ccccc1. The summed E-state index contributed by atoms with van der Waals surface area (Å²) in [6.07, 6.45) is 3.08. The Balaban J connectivity index is 1.61. The molecule has 0 bridgehead atoms. The van der Waals surface area contributed by atoms with Gasteiger partial charge in [-0.05, 0) is 18.2 Å². The number of hydrogen-bond donors (Lipinski definition) is 2. The summed E-state index contributed by atoms with van der Waals surface area (Å²) < 4.78 is 1.72. The van der Waals surface area contributed by atoms with E-state index in [1.807, 2.05) is 54.6 Å². The highest BCUT2D eigenvalue weighted by molar-refractivity contribution is 5.94. The first-order valence-corrected chi connectivity index (χ1v) is 8.27. The van der Waals surface area contributed by atoms with Crippen LogP contribution >= 0.6 is 0 Å². The second kappa shape index (κ2) is 6.03. The van der Waals surface area contributed by atoms with Crippen LogP contribution in [-0.2, 0) is 0 Å². The zero-order valence-electron chi connectivity index (χ0n) is 14.0. The van der Waals surface area contributed by atoms with Gasteiger partial charge in [-0.2, -0.15) is 5.10 Å². The maximum Gasteiger partial charge on any atom is 0.218 e. The maximum atomic E-state index is 10.1. The highest BCUT2D eigenvalue weighted by Gasteiger charge is 2.13. The van der Waals surface area contributed by atoms with Crippen molar-refractivity contribution >= 4 is 33.4 Å². The fourth-order valence-corrected chi connectivity index (χ4v) is 2.98. The third-order valence-electron chi connectivity index (χ3n) is 4.25. The number of rotatable bonds is 3. The Kier molecular flexibility index (Phi) is 3.39. The lowest BCUT2D eigenvalue weighted by Gasteiger charge is -2.01. The number of azo groups is 1. The average molecular weight is 355 g/mol. The van der Waals surface area contributed by atoms with Crippen LogP contribution in [0.25, 0.3) is 27.6 Å². The van der Waals surface area contributed by atoms with Gasteiger partial charge in [0.2, 0.25) is 5.88 Å². The highest BCUT2D eigenvalue weighted by atomic mass is 16.3. The molecule has 2 N–H and O–H groups in total. The van der Waals surface area contributed by atoms with Gasteiger partial charge < -0.3 is 10.1 Å². The standard InChI is InChI=1S/C19H13N7O/c27-19-16(13-8-4-5-9-15(13)23-19)24-25-17-14-10-22-26(18(14)21-11-20-17)12-6-2-1-3-7-12/h1-11,23,27H. The molecule has 2 aromatic carbocycles. The van der Waals surface area contributed by atoms with E-state index in [1.54, 1.807) is 10.9 Å². The van der Waals surface area contributed by atoms with Crippen molar-refractivity contribution in [1.82, 2.24) is 24.7 Å². The Hall–Kier alpha value is -4.07. The summed E-state index contributed by atoms with van der Waals surface area (Å²) in [4.78, 5) is 11.4. The number of hydrogen-bond acceptors (Lipinski definition) is 6. The van der Waals surface area contributed by atoms with Crippen LogP contribution in [0.3, 0.4) is 0 Å². The largest absolute Gasteiger partial charge is 0.493 e. The number of aromatic hydroxyl groups is 1. The predicted octanol–water partition coefficient (Wildman–Crippen LogP) is 4.42. The number of benzene rings is 2. The molecular formula is C19H13N7O. The number of nitrogens with one attached hydrogen (secondary N) is 1. The van der Waals surface area contributed by atoms with Crippen molar-refractivity contribution in [3.63, 3.8) is 0 Å². The van der Waals surface area contributed by atoms with E-state index in [0.717, 1.165) is 16.6 Å². The molecule has 0 spiro atoms. The van der Waals surface area contributed by atoms with Crippen LogP contribution in [0.5, 0.6) is 5.88 Å². The molecular weight excluding hydrogens is 342 g/mol. The van der Waals surface area contributed by atoms with E-state index in [9.17, 15) is 5.11 Å². The molecule has 0 unspecified atom stereocenters. The minimum atomic E-state index is -0.0368. The third kappa shape index (κ3) is 2.51. The number of H-pyrrole nitrogens is 1. The molecule has 8 nitrogen and oxygen atoms in total. The van der Waals surface area contributed by atoms with Crippen molar-refractivity contribution in [2.75, 3.05) is 0 Å². The molecule has 3 aromatic heterocycles. The van der Waals surface area contributed by atoms with E-state index in [-0.39, 0.29) is 5.88 Å². The number of aromatic nitrogens is 5. The molecule has 0 aliphatic rings. The molecule has 0 amide bonds. The summed E-state index contributed by atoms with van der Waals surface area (Å²) in [7, 11) is 0. The fourth-order valence-electron chi connectivity index (χ4n) is 2.98. The molecule has 0 radical (unpaired) electrons. The van der Waals surface area contributed by atoms with Crippen LogP contribution in [0, 0.1) is 0 Å². The van der Waals surface area contributed by atoms with E-state index in [1.165, 1.54) is 6.33 Å². The van der Waals surface area contributed by atoms with E-state index in [2.05, 4.69) is 30.3 Å². The van der Waals surface area contributed by atoms with Gasteiger partial charge in [-0.25, -0.2) is 14.6 Å². The fraction of sp³-hybridized carbons (Fsp3) is 0. The minimum Gasteiger partial charge on any atom is -0.493 e. The van der Waals surface area contributed by atoms with Crippen molar-refractivity contribution in [1.29, 1.82) is 0 Å². The number of fused-ring (bicyclic) bond motifs is 2. The molecule has 27 heavy (non-hydrogen) atoms. The predicted molar refractivity (Wildman–Crippen MR) is 101 cm³/mol. The first kappa shape index (κ1) is 15.2. The van der Waals surface area contributed by atoms with Crippen molar-refractivity contribution < 1.29 is 5.11 Å². The van der Waals surface area contributed by atoms with E-state index < -0.39 is 0 Å². The highest BCUT2D eigenvalue weighted by Crippen LogP contribution is 2.36. The number of para-hydroxylation sites is 2. The molecule has 130 valence electrons. The summed E-state index contributed by atoms with van der Waals surface area (Å²) in [6.45, 7) is 0. The summed E-state index contributed by atoms with van der Waals surface area (Å²) in [5, 5.41) is 24.4. The summed E-state index contributed by atoms with van der Waals surface area (Å²) in [6, 6.07) is 17.2. The molecule has 0 atom stereocenters. The second-order valence-corrected chi connectivity index (χ2v) is 5.89. The van der Waals surface area contributed by atoms with Gasteiger partial charge in [-0.1, -0.05) is 36.4 Å². The number of aromatic amines is 1. The van der Waals surface area contributed by atoms with E-state index >= 15 is 0 Å². The average Bonchev–Trinajstić information content (AvgIpc) is 3.28. The molecule has 0 saturated carbocycles. The van der Waals surface area contributed by atoms with Gasteiger partial charge in [-0.3, -0.25) is 0 Å². The van der Waals surface area contributed by atoms with Crippen LogP contribution in [0.15, 0.2) is 77.3 Å². The lowest BCUT2D eigenvalue weighted by Crippen LogP contribution is -1.96. The molecule has 3 heterocycles. The van der Waals surface area contributed by atoms with Crippen molar-refractivity contribution in [3.8, 4) is 11.6 Å². The molecule has 0 saturated heterocycles. The van der Waals surface area contributed by atoms with Gasteiger partial charge in [0.1, 0.15) is 6.33 Å². The Labute approximate surface area is 152 Å². The zero-order valence-corrected chi connectivity index (χ0v) is 14.0. The Morgan fingerprint density at radius 1 is 0.889 bits per heavy atom. The van der Waals surface area contributed by atoms with Crippen LogP contribution in [0.4, 0.5) is 11.5 Å². The van der Waals surface area contributed by atoms with Gasteiger partial charge in [0.05, 0.1) is 22.8 Å². The van der Waals surface area contributed by atoms with Crippen LogP contribution in [-0.4, -0.2) is 29.8 Å². The van der Waals surface area contributed by atoms with E-state index in [4.69, 9.17) is 0 Å². The van der Waals surface area contributed by atoms with Gasteiger partial charge in [-0.15, -0.1) is 10.2 Å². The molecule has 0 fully saturated rings. The maximum absolute atomic E-state index is 10.1. The first-order chi connectivity index (χ1) is 13.3. The Morgan fingerprint density at radius 3 is 2.59 bits per heavy atom. The molecule has 5 rings (SSSR count). The third-order valence-corrected chi connectivity index (χ3v) is 4.25. The quantitative estimate of drug-likeness (QED) is 0.467. The van der Waals surface area contributed by atoms with Crippen LogP contribution < -0.4 is 0 Å². The molecule has 5 aromatic rings. The van der Waals surface area contributed by atoms with Crippen molar-refractivity contribution in [2.24, 2.45) is 10.2 Å². The van der Waals surface area contributed by atoms with E-state index in [0.29, 0.717) is 22.5 Å². The van der Waals surface area contributed by atoms with Gasteiger partial charge in [0.25, 0.3) is 0 Å². The number of nitrogens with zero attached hydrogens (tertiary/aromatic N) is 6. The minimum absolute atomic E-state index is 0.0368. The van der Waals surface area contributed by atoms with Crippen molar-refractivity contribution in [3.05, 3.63) is 67.1 Å². The second-order valence-electron chi connectivity index (χ2n) is 5.89. The Bertz CT molecular complexity index is 1290. The topological polar surface area (TPSA) is 104 Å². The van der Waals surface area contributed by atoms with Gasteiger partial charge in [0.15, 0.2) is 17.2 Å². The summed E-state index contributed by atoms with van der Waals surface area (Å²) >= 11 is 0. The smallest absolute Gasteiger partial charge is 0.218 e. The van der Waals surface area contributed by atoms with Crippen molar-refractivity contribution in [2.45, 2.75) is 0 Å². The molecule has 0 aliphatic heterocycles. The van der Waals surface area contributed by atoms with Crippen LogP contribution in [0.1, 0.15) is 0 Å². The zero-order chi connectivity index (χ0) is 18.2. The lowest BCUT2D eigenvalue weighted by molar-refractivity contribution is 0.459. The normalized spacial score (nSPS) is 11.7. The lowest BCUT2D eigenvalue weighted by atomic mass is 10.2. The first-order valence-electron chi connectivity index (χ1n) is 8.27. The monoisotopic (exact) mass is 355 g/mol. The molecule has 8 heteroatoms. The van der Waals surface area contributed by atoms with Gasteiger partial charge >= 0.3 is 0 Å². The molecule has 0 aliphatic carbocycles. The Morgan fingerprint density at radius 2 is 1.70 bits per heavy atom. The summed E-state index contributed by atoms with van der Waals surface area (Å²) in [5.41, 5.74) is 2.68.